The Morgan fingerprint density at radius 3 is 2.49 bits per heavy atom. The Kier molecular flexibility index (Phi) is 7.10. The number of pyridine rings is 1. The summed E-state index contributed by atoms with van der Waals surface area (Å²) in [7, 11) is 1.98. The van der Waals surface area contributed by atoms with E-state index in [4.69, 9.17) is 0 Å². The highest BCUT2D eigenvalue weighted by molar-refractivity contribution is 5.56. The number of hydrogen-bond acceptors (Lipinski definition) is 4. The molecule has 4 atom stereocenters. The van der Waals surface area contributed by atoms with Crippen molar-refractivity contribution in [1.29, 1.82) is 0 Å². The first-order valence-electron chi connectivity index (χ1n) is 14.6. The molecule has 1 aliphatic heterocycles. The van der Waals surface area contributed by atoms with Gasteiger partial charge in [-0.05, 0) is 80.9 Å². The average molecular weight is 545 g/mol. The van der Waals surface area contributed by atoms with Crippen molar-refractivity contribution in [1.82, 2.24) is 28.6 Å². The van der Waals surface area contributed by atoms with Crippen molar-refractivity contribution >= 4 is 5.52 Å². The van der Waals surface area contributed by atoms with E-state index in [9.17, 15) is 18.0 Å². The highest BCUT2D eigenvalue weighted by Crippen LogP contribution is 2.49. The minimum Gasteiger partial charge on any atom is -0.320 e. The summed E-state index contributed by atoms with van der Waals surface area (Å²) >= 11 is 0. The molecule has 212 valence electrons. The third kappa shape index (κ3) is 5.16. The van der Waals surface area contributed by atoms with Gasteiger partial charge in [-0.15, -0.1) is 10.2 Å². The van der Waals surface area contributed by atoms with Gasteiger partial charge in [0.2, 0.25) is 0 Å². The summed E-state index contributed by atoms with van der Waals surface area (Å²) in [6.07, 6.45) is 9.61. The number of hydrogen-bond donors (Lipinski definition) is 0. The molecule has 39 heavy (non-hydrogen) atoms. The second-order valence-corrected chi connectivity index (χ2v) is 12.4. The number of fused-ring (bicyclic) bond motifs is 1. The Labute approximate surface area is 227 Å². The van der Waals surface area contributed by atoms with E-state index in [2.05, 4.69) is 22.0 Å². The Hall–Kier alpha value is -2.62. The van der Waals surface area contributed by atoms with Gasteiger partial charge in [0.15, 0.2) is 0 Å². The summed E-state index contributed by atoms with van der Waals surface area (Å²) in [6.45, 7) is 4.34. The van der Waals surface area contributed by atoms with Crippen LogP contribution in [0.1, 0.15) is 93.6 Å². The van der Waals surface area contributed by atoms with Crippen LogP contribution < -0.4 is 5.69 Å². The van der Waals surface area contributed by atoms with Gasteiger partial charge in [0.05, 0.1) is 11.1 Å². The lowest BCUT2D eigenvalue weighted by Gasteiger charge is -2.41. The largest absolute Gasteiger partial charge is 0.418 e. The molecule has 0 bridgehead atoms. The number of piperidine rings is 1. The lowest BCUT2D eigenvalue weighted by Crippen LogP contribution is -2.35. The Morgan fingerprint density at radius 2 is 1.82 bits per heavy atom. The van der Waals surface area contributed by atoms with Gasteiger partial charge in [-0.3, -0.25) is 13.9 Å². The van der Waals surface area contributed by atoms with Crippen LogP contribution in [-0.4, -0.2) is 41.7 Å². The lowest BCUT2D eigenvalue weighted by molar-refractivity contribution is -0.136. The number of nitrogens with zero attached hydrogens (tertiary/aromatic N) is 6. The summed E-state index contributed by atoms with van der Waals surface area (Å²) in [6, 6.07) is 1.13. The molecule has 3 aromatic heterocycles. The van der Waals surface area contributed by atoms with Crippen molar-refractivity contribution in [2.24, 2.45) is 24.8 Å². The van der Waals surface area contributed by atoms with Crippen molar-refractivity contribution in [3.05, 3.63) is 52.2 Å². The van der Waals surface area contributed by atoms with Crippen LogP contribution in [0.5, 0.6) is 0 Å². The van der Waals surface area contributed by atoms with Gasteiger partial charge in [0.25, 0.3) is 0 Å². The molecule has 0 spiro atoms. The molecule has 0 N–H and O–H groups in total. The zero-order chi connectivity index (χ0) is 27.3. The predicted molar refractivity (Wildman–Crippen MR) is 142 cm³/mol. The van der Waals surface area contributed by atoms with Crippen LogP contribution in [0.25, 0.3) is 5.52 Å². The molecule has 2 aliphatic carbocycles. The van der Waals surface area contributed by atoms with E-state index >= 15 is 0 Å². The fourth-order valence-corrected chi connectivity index (χ4v) is 7.51. The normalized spacial score (nSPS) is 26.1. The molecule has 3 fully saturated rings. The maximum atomic E-state index is 14.3. The fourth-order valence-electron chi connectivity index (χ4n) is 7.51. The van der Waals surface area contributed by atoms with Gasteiger partial charge >= 0.3 is 11.9 Å². The zero-order valence-electron chi connectivity index (χ0n) is 22.9. The molecule has 0 amide bonds. The van der Waals surface area contributed by atoms with Crippen LogP contribution >= 0.6 is 0 Å². The molecule has 3 aliphatic rings. The number of aryl methyl sites for hydroxylation is 1. The number of rotatable bonds is 6. The summed E-state index contributed by atoms with van der Waals surface area (Å²) in [4.78, 5) is 15.9. The molecule has 1 saturated heterocycles. The molecule has 6 rings (SSSR count). The monoisotopic (exact) mass is 544 g/mol. The fraction of sp³-hybridized carbons (Fsp3) is 0.690. The summed E-state index contributed by atoms with van der Waals surface area (Å²) in [5.74, 6) is 2.67. The Balaban J connectivity index is 1.33. The van der Waals surface area contributed by atoms with Gasteiger partial charge < -0.3 is 4.57 Å². The van der Waals surface area contributed by atoms with Gasteiger partial charge in [-0.25, -0.2) is 4.79 Å². The molecule has 0 radical (unpaired) electrons. The molecule has 2 saturated carbocycles. The smallest absolute Gasteiger partial charge is 0.320 e. The molecular formula is C29H39F3N6O. The highest BCUT2D eigenvalue weighted by atomic mass is 19.4. The van der Waals surface area contributed by atoms with E-state index in [1.807, 2.05) is 11.6 Å². The lowest BCUT2D eigenvalue weighted by atomic mass is 9.66. The van der Waals surface area contributed by atoms with Crippen LogP contribution in [0.4, 0.5) is 13.2 Å². The van der Waals surface area contributed by atoms with Crippen molar-refractivity contribution in [2.45, 2.75) is 89.4 Å². The molecule has 3 aromatic rings. The standard InChI is InChI=1S/C29H39F3N6O/c1-19-6-5-11-36(14-19)15-20-12-24(29(30,31)32)25-17-37(28(39)38(25)16-20)23-10-4-9-22(13-23)26(21-7-3-8-21)27-34-33-18-35(27)2/h12,16-19,21-23,26H,3-11,13-15H2,1-2H3/t19-,22?,23?,26-/m0/s1. The van der Waals surface area contributed by atoms with Crippen molar-refractivity contribution in [2.75, 3.05) is 13.1 Å². The minimum atomic E-state index is -4.54. The predicted octanol–water partition coefficient (Wildman–Crippen LogP) is 5.80. The van der Waals surface area contributed by atoms with Crippen LogP contribution in [0.2, 0.25) is 0 Å². The molecule has 7 nitrogen and oxygen atoms in total. The van der Waals surface area contributed by atoms with E-state index < -0.39 is 11.7 Å². The summed E-state index contributed by atoms with van der Waals surface area (Å²) in [5, 5.41) is 8.59. The number of halogens is 3. The van der Waals surface area contributed by atoms with E-state index in [0.717, 1.165) is 57.4 Å². The SMILES string of the molecule is C[C@H]1CCCN(Cc2cc(C(F)(F)F)c3cn(C4CCCC([C@@H](c5nncn5C)C5CCC5)C4)c(=O)n3c2)C1. The van der Waals surface area contributed by atoms with E-state index in [1.54, 1.807) is 17.1 Å². The van der Waals surface area contributed by atoms with Crippen LogP contribution in [0, 0.1) is 17.8 Å². The topological polar surface area (TPSA) is 60.4 Å². The van der Waals surface area contributed by atoms with Gasteiger partial charge in [0.1, 0.15) is 12.2 Å². The first kappa shape index (κ1) is 26.6. The first-order valence-corrected chi connectivity index (χ1v) is 14.6. The van der Waals surface area contributed by atoms with Crippen molar-refractivity contribution in [3.8, 4) is 0 Å². The molecule has 4 heterocycles. The van der Waals surface area contributed by atoms with Crippen molar-refractivity contribution < 1.29 is 13.2 Å². The molecule has 10 heteroatoms. The van der Waals surface area contributed by atoms with E-state index in [1.165, 1.54) is 35.9 Å². The van der Waals surface area contributed by atoms with Gasteiger partial charge in [-0.2, -0.15) is 13.2 Å². The molecule has 0 aromatic carbocycles. The van der Waals surface area contributed by atoms with Crippen LogP contribution in [0.15, 0.2) is 29.6 Å². The van der Waals surface area contributed by atoms with Crippen molar-refractivity contribution in [3.63, 3.8) is 0 Å². The Bertz CT molecular complexity index is 1370. The maximum Gasteiger partial charge on any atom is 0.418 e. The Morgan fingerprint density at radius 1 is 1.05 bits per heavy atom. The van der Waals surface area contributed by atoms with E-state index in [0.29, 0.717) is 29.9 Å². The number of aromatic nitrogens is 5. The zero-order valence-corrected chi connectivity index (χ0v) is 22.9. The minimum absolute atomic E-state index is 0.0470. The third-order valence-corrected chi connectivity index (χ3v) is 9.59. The molecular weight excluding hydrogens is 505 g/mol. The molecule has 2 unspecified atom stereocenters. The second kappa shape index (κ2) is 10.4. The number of alkyl halides is 3. The van der Waals surface area contributed by atoms with Crippen LogP contribution in [0.3, 0.4) is 0 Å². The summed E-state index contributed by atoms with van der Waals surface area (Å²) in [5.41, 5.74) is -0.597. The quantitative estimate of drug-likeness (QED) is 0.394. The first-order chi connectivity index (χ1) is 18.7. The highest BCUT2D eigenvalue weighted by Gasteiger charge is 2.40. The van der Waals surface area contributed by atoms with Gasteiger partial charge in [0, 0.05) is 44.5 Å². The number of imidazole rings is 1. The summed E-state index contributed by atoms with van der Waals surface area (Å²) < 4.78 is 47.6. The maximum absolute atomic E-state index is 14.3. The van der Waals surface area contributed by atoms with Gasteiger partial charge in [-0.1, -0.05) is 19.8 Å². The van der Waals surface area contributed by atoms with Crippen LogP contribution in [-0.2, 0) is 19.8 Å². The van der Waals surface area contributed by atoms with E-state index in [-0.39, 0.29) is 23.2 Å². The second-order valence-electron chi connectivity index (χ2n) is 12.4. The number of likely N-dealkylation sites (tertiary alicyclic amines) is 1. The third-order valence-electron chi connectivity index (χ3n) is 9.59. The average Bonchev–Trinajstić information content (AvgIpc) is 3.43.